The van der Waals surface area contributed by atoms with Crippen LogP contribution in [-0.2, 0) is 0 Å². The molecule has 0 fully saturated rings. The summed E-state index contributed by atoms with van der Waals surface area (Å²) in [6.07, 6.45) is 13.1. The molecule has 0 heterocycles. The Morgan fingerprint density at radius 1 is 0.875 bits per heavy atom. The average molecular weight is 228 g/mol. The Bertz CT molecular complexity index is 164. The Balaban J connectivity index is 3.22. The molecule has 0 aliphatic heterocycles. The lowest BCUT2D eigenvalue weighted by Gasteiger charge is -2.04. The number of aliphatic hydroxyl groups is 2. The topological polar surface area (TPSA) is 40.5 Å². The first-order valence-corrected chi connectivity index (χ1v) is 6.74. The van der Waals surface area contributed by atoms with Gasteiger partial charge in [0.25, 0.3) is 0 Å². The van der Waals surface area contributed by atoms with Crippen LogP contribution in [0.25, 0.3) is 0 Å². The molecular formula is C14H28O2. The van der Waals surface area contributed by atoms with Gasteiger partial charge in [0.05, 0.1) is 13.2 Å². The maximum Gasteiger partial charge on any atom is 0.0642 e. The van der Waals surface area contributed by atoms with Crippen molar-refractivity contribution in [3.8, 4) is 0 Å². The second-order valence-electron chi connectivity index (χ2n) is 4.43. The number of hydrogen-bond donors (Lipinski definition) is 2. The van der Waals surface area contributed by atoms with Crippen molar-refractivity contribution in [2.75, 3.05) is 13.2 Å². The smallest absolute Gasteiger partial charge is 0.0642 e. The van der Waals surface area contributed by atoms with E-state index in [1.165, 1.54) is 44.9 Å². The van der Waals surface area contributed by atoms with Gasteiger partial charge in [-0.15, -0.1) is 0 Å². The SMILES string of the molecule is CCCCCCCCCCC(=CCO)CO. The molecule has 0 aromatic rings. The molecule has 0 radical (unpaired) electrons. The molecule has 0 aliphatic carbocycles. The lowest BCUT2D eigenvalue weighted by atomic mass is 10.0. The number of hydrogen-bond acceptors (Lipinski definition) is 2. The first-order valence-electron chi connectivity index (χ1n) is 6.74. The van der Waals surface area contributed by atoms with Crippen LogP contribution in [0.1, 0.15) is 64.7 Å². The van der Waals surface area contributed by atoms with Crippen molar-refractivity contribution in [3.05, 3.63) is 11.6 Å². The van der Waals surface area contributed by atoms with E-state index in [0.29, 0.717) is 0 Å². The van der Waals surface area contributed by atoms with Crippen LogP contribution in [-0.4, -0.2) is 23.4 Å². The Labute approximate surface area is 100 Å². The van der Waals surface area contributed by atoms with Gasteiger partial charge in [0.1, 0.15) is 0 Å². The molecule has 0 amide bonds. The number of aliphatic hydroxyl groups excluding tert-OH is 2. The van der Waals surface area contributed by atoms with E-state index in [-0.39, 0.29) is 13.2 Å². The minimum absolute atomic E-state index is 0.0485. The minimum atomic E-state index is 0.0485. The van der Waals surface area contributed by atoms with Crippen molar-refractivity contribution in [2.24, 2.45) is 0 Å². The van der Waals surface area contributed by atoms with Crippen molar-refractivity contribution in [1.82, 2.24) is 0 Å². The second-order valence-corrected chi connectivity index (χ2v) is 4.43. The molecule has 0 saturated heterocycles. The lowest BCUT2D eigenvalue weighted by Crippen LogP contribution is -1.93. The molecule has 0 aliphatic rings. The molecule has 0 bridgehead atoms. The van der Waals surface area contributed by atoms with E-state index >= 15 is 0 Å². The monoisotopic (exact) mass is 228 g/mol. The van der Waals surface area contributed by atoms with E-state index in [1.807, 2.05) is 0 Å². The zero-order valence-corrected chi connectivity index (χ0v) is 10.7. The molecule has 0 aromatic carbocycles. The van der Waals surface area contributed by atoms with Crippen LogP contribution in [0.2, 0.25) is 0 Å². The first-order chi connectivity index (χ1) is 7.85. The summed E-state index contributed by atoms with van der Waals surface area (Å²) in [7, 11) is 0. The van der Waals surface area contributed by atoms with Gasteiger partial charge < -0.3 is 10.2 Å². The molecule has 0 unspecified atom stereocenters. The maximum absolute atomic E-state index is 8.98. The summed E-state index contributed by atoms with van der Waals surface area (Å²) < 4.78 is 0. The highest BCUT2D eigenvalue weighted by Gasteiger charge is 1.96. The molecule has 0 aromatic heterocycles. The van der Waals surface area contributed by atoms with Crippen molar-refractivity contribution in [1.29, 1.82) is 0 Å². The van der Waals surface area contributed by atoms with Gasteiger partial charge in [0, 0.05) is 0 Å². The summed E-state index contributed by atoms with van der Waals surface area (Å²) in [5.41, 5.74) is 0.980. The minimum Gasteiger partial charge on any atom is -0.392 e. The molecule has 2 heteroatoms. The van der Waals surface area contributed by atoms with Crippen LogP contribution in [0, 0.1) is 0 Å². The predicted octanol–water partition coefficient (Wildman–Crippen LogP) is 3.43. The standard InChI is InChI=1S/C14H28O2/c1-2-3-4-5-6-7-8-9-10-14(13-16)11-12-15/h11,15-16H,2-10,12-13H2,1H3. The highest BCUT2D eigenvalue weighted by molar-refractivity contribution is 5.01. The van der Waals surface area contributed by atoms with Crippen molar-refractivity contribution < 1.29 is 10.2 Å². The molecule has 96 valence electrons. The van der Waals surface area contributed by atoms with Crippen LogP contribution >= 0.6 is 0 Å². The van der Waals surface area contributed by atoms with Crippen LogP contribution in [0.4, 0.5) is 0 Å². The quantitative estimate of drug-likeness (QED) is 0.420. The van der Waals surface area contributed by atoms with Crippen LogP contribution < -0.4 is 0 Å². The fourth-order valence-electron chi connectivity index (χ4n) is 1.86. The van der Waals surface area contributed by atoms with Gasteiger partial charge >= 0.3 is 0 Å². The lowest BCUT2D eigenvalue weighted by molar-refractivity contribution is 0.314. The Kier molecular flexibility index (Phi) is 12.5. The molecule has 0 atom stereocenters. The van der Waals surface area contributed by atoms with E-state index in [0.717, 1.165) is 18.4 Å². The molecule has 0 saturated carbocycles. The molecule has 0 spiro atoms. The summed E-state index contributed by atoms with van der Waals surface area (Å²) >= 11 is 0. The number of unbranched alkanes of at least 4 members (excludes halogenated alkanes) is 7. The summed E-state index contributed by atoms with van der Waals surface area (Å²) in [4.78, 5) is 0. The van der Waals surface area contributed by atoms with E-state index in [2.05, 4.69) is 6.92 Å². The van der Waals surface area contributed by atoms with E-state index < -0.39 is 0 Å². The molecule has 16 heavy (non-hydrogen) atoms. The third-order valence-electron chi connectivity index (χ3n) is 2.93. The first kappa shape index (κ1) is 15.7. The normalized spacial score (nSPS) is 12.1. The molecule has 2 nitrogen and oxygen atoms in total. The van der Waals surface area contributed by atoms with E-state index in [9.17, 15) is 0 Å². The highest BCUT2D eigenvalue weighted by atomic mass is 16.3. The van der Waals surface area contributed by atoms with Crippen molar-refractivity contribution in [2.45, 2.75) is 64.7 Å². The molecule has 2 N–H and O–H groups in total. The van der Waals surface area contributed by atoms with Gasteiger partial charge in [0.15, 0.2) is 0 Å². The Morgan fingerprint density at radius 2 is 1.44 bits per heavy atom. The second kappa shape index (κ2) is 12.7. The van der Waals surface area contributed by atoms with Crippen LogP contribution in [0.3, 0.4) is 0 Å². The van der Waals surface area contributed by atoms with E-state index in [1.54, 1.807) is 6.08 Å². The fourth-order valence-corrected chi connectivity index (χ4v) is 1.86. The van der Waals surface area contributed by atoms with Gasteiger partial charge in [0.2, 0.25) is 0 Å². The average Bonchev–Trinajstić information content (AvgIpc) is 2.31. The van der Waals surface area contributed by atoms with Gasteiger partial charge in [-0.25, -0.2) is 0 Å². The predicted molar refractivity (Wildman–Crippen MR) is 69.5 cm³/mol. The summed E-state index contributed by atoms with van der Waals surface area (Å²) in [5.74, 6) is 0. The van der Waals surface area contributed by atoms with Crippen LogP contribution in [0.15, 0.2) is 11.6 Å². The molecular weight excluding hydrogens is 200 g/mol. The van der Waals surface area contributed by atoms with Crippen molar-refractivity contribution in [3.63, 3.8) is 0 Å². The fraction of sp³-hybridized carbons (Fsp3) is 0.857. The zero-order valence-electron chi connectivity index (χ0n) is 10.7. The summed E-state index contributed by atoms with van der Waals surface area (Å²) in [5, 5.41) is 17.7. The van der Waals surface area contributed by atoms with Gasteiger partial charge in [-0.2, -0.15) is 0 Å². The maximum atomic E-state index is 8.98. The van der Waals surface area contributed by atoms with Crippen LogP contribution in [0.5, 0.6) is 0 Å². The van der Waals surface area contributed by atoms with Gasteiger partial charge in [-0.05, 0) is 18.4 Å². The zero-order chi connectivity index (χ0) is 12.1. The Hall–Kier alpha value is -0.340. The van der Waals surface area contributed by atoms with Gasteiger partial charge in [-0.1, -0.05) is 57.9 Å². The summed E-state index contributed by atoms with van der Waals surface area (Å²) in [6.45, 7) is 2.38. The Morgan fingerprint density at radius 3 is 1.94 bits per heavy atom. The van der Waals surface area contributed by atoms with Gasteiger partial charge in [-0.3, -0.25) is 0 Å². The van der Waals surface area contributed by atoms with Crippen molar-refractivity contribution >= 4 is 0 Å². The van der Waals surface area contributed by atoms with E-state index in [4.69, 9.17) is 10.2 Å². The highest BCUT2D eigenvalue weighted by Crippen LogP contribution is 2.12. The third kappa shape index (κ3) is 10.2. The molecule has 0 rings (SSSR count). The third-order valence-corrected chi connectivity index (χ3v) is 2.93. The largest absolute Gasteiger partial charge is 0.392 e. The number of rotatable bonds is 11. The summed E-state index contributed by atoms with van der Waals surface area (Å²) in [6, 6.07) is 0.